The molecule has 0 amide bonds. The number of benzene rings is 1. The van der Waals surface area contributed by atoms with E-state index in [1.807, 2.05) is 19.1 Å². The van der Waals surface area contributed by atoms with Crippen LogP contribution in [0.15, 0.2) is 39.5 Å². The van der Waals surface area contributed by atoms with E-state index in [1.54, 1.807) is 17.4 Å². The molecule has 4 heteroatoms. The summed E-state index contributed by atoms with van der Waals surface area (Å²) in [6.07, 6.45) is 0. The number of nitrogens with one attached hydrogen (secondary N) is 1. The Morgan fingerprint density at radius 2 is 2.18 bits per heavy atom. The molecule has 1 N–H and O–H groups in total. The van der Waals surface area contributed by atoms with Crippen LogP contribution >= 0.6 is 27.3 Å². The summed E-state index contributed by atoms with van der Waals surface area (Å²) >= 11 is 5.08. The fourth-order valence-corrected chi connectivity index (χ4v) is 2.85. The topological polar surface area (TPSA) is 12.0 Å². The van der Waals surface area contributed by atoms with E-state index in [1.165, 1.54) is 11.6 Å². The lowest BCUT2D eigenvalue weighted by Gasteiger charge is -2.14. The van der Waals surface area contributed by atoms with Crippen molar-refractivity contribution in [2.45, 2.75) is 19.5 Å². The van der Waals surface area contributed by atoms with E-state index in [4.69, 9.17) is 0 Å². The average Bonchev–Trinajstić information content (AvgIpc) is 2.73. The molecule has 17 heavy (non-hydrogen) atoms. The highest BCUT2D eigenvalue weighted by molar-refractivity contribution is 9.11. The Morgan fingerprint density at radius 3 is 2.82 bits per heavy atom. The number of rotatable bonds is 4. The Morgan fingerprint density at radius 1 is 1.41 bits per heavy atom. The molecule has 0 unspecified atom stereocenters. The first kappa shape index (κ1) is 12.7. The second-order valence-electron chi connectivity index (χ2n) is 3.88. The fourth-order valence-electron chi connectivity index (χ4n) is 1.65. The summed E-state index contributed by atoms with van der Waals surface area (Å²) in [5.74, 6) is -0.154. The zero-order valence-corrected chi connectivity index (χ0v) is 11.8. The van der Waals surface area contributed by atoms with Gasteiger partial charge in [0.25, 0.3) is 0 Å². The van der Waals surface area contributed by atoms with Crippen LogP contribution in [0.2, 0.25) is 0 Å². The van der Waals surface area contributed by atoms with Gasteiger partial charge in [0.1, 0.15) is 5.82 Å². The van der Waals surface area contributed by atoms with Crippen molar-refractivity contribution in [3.8, 4) is 0 Å². The van der Waals surface area contributed by atoms with Crippen LogP contribution in [0.3, 0.4) is 0 Å². The summed E-state index contributed by atoms with van der Waals surface area (Å²) in [6, 6.07) is 8.96. The SMILES string of the molecule is C[C@@H](NCc1csc(Br)c1)c1ccccc1F. The Balaban J connectivity index is 1.98. The molecule has 0 aliphatic heterocycles. The maximum atomic E-state index is 13.5. The standard InChI is InChI=1S/C13H13BrFNS/c1-9(11-4-2-3-5-12(11)15)16-7-10-6-13(14)17-8-10/h2-6,8-9,16H,7H2,1H3/t9-/m1/s1. The number of halogens is 2. The van der Waals surface area contributed by atoms with Gasteiger partial charge in [-0.25, -0.2) is 4.39 Å². The highest BCUT2D eigenvalue weighted by atomic mass is 79.9. The fraction of sp³-hybridized carbons (Fsp3) is 0.231. The van der Waals surface area contributed by atoms with Crippen molar-refractivity contribution in [2.24, 2.45) is 0 Å². The molecule has 0 radical (unpaired) electrons. The second-order valence-corrected chi connectivity index (χ2v) is 6.17. The molecule has 0 saturated carbocycles. The summed E-state index contributed by atoms with van der Waals surface area (Å²) in [7, 11) is 0. The highest BCUT2D eigenvalue weighted by Crippen LogP contribution is 2.22. The van der Waals surface area contributed by atoms with Crippen LogP contribution in [0.4, 0.5) is 4.39 Å². The van der Waals surface area contributed by atoms with Crippen molar-refractivity contribution in [3.63, 3.8) is 0 Å². The van der Waals surface area contributed by atoms with Gasteiger partial charge in [-0.1, -0.05) is 18.2 Å². The molecule has 1 nitrogen and oxygen atoms in total. The molecule has 1 atom stereocenters. The monoisotopic (exact) mass is 313 g/mol. The second kappa shape index (κ2) is 5.76. The van der Waals surface area contributed by atoms with Gasteiger partial charge in [0.15, 0.2) is 0 Å². The minimum atomic E-state index is -0.154. The number of hydrogen-bond donors (Lipinski definition) is 1. The van der Waals surface area contributed by atoms with Crippen LogP contribution in [0.25, 0.3) is 0 Å². The Labute approximate surface area is 113 Å². The Bertz CT molecular complexity index is 498. The highest BCUT2D eigenvalue weighted by Gasteiger charge is 2.09. The predicted octanol–water partition coefficient (Wildman–Crippen LogP) is 4.50. The van der Waals surface area contributed by atoms with Gasteiger partial charge in [0.05, 0.1) is 3.79 Å². The lowest BCUT2D eigenvalue weighted by Crippen LogP contribution is -2.18. The quantitative estimate of drug-likeness (QED) is 0.876. The average molecular weight is 314 g/mol. The van der Waals surface area contributed by atoms with Gasteiger partial charge in [-0.3, -0.25) is 0 Å². The molecule has 0 bridgehead atoms. The van der Waals surface area contributed by atoms with Crippen LogP contribution in [0, 0.1) is 5.82 Å². The van der Waals surface area contributed by atoms with Crippen molar-refractivity contribution in [1.82, 2.24) is 5.32 Å². The molecule has 1 heterocycles. The van der Waals surface area contributed by atoms with Gasteiger partial charge in [0.2, 0.25) is 0 Å². The third-order valence-corrected chi connectivity index (χ3v) is 4.16. The molecule has 0 aliphatic carbocycles. The third kappa shape index (κ3) is 3.37. The normalized spacial score (nSPS) is 12.6. The first-order chi connectivity index (χ1) is 8.16. The molecule has 0 fully saturated rings. The van der Waals surface area contributed by atoms with Crippen LogP contribution in [-0.4, -0.2) is 0 Å². The summed E-state index contributed by atoms with van der Waals surface area (Å²) in [5.41, 5.74) is 1.92. The van der Waals surface area contributed by atoms with Gasteiger partial charge < -0.3 is 5.32 Å². The van der Waals surface area contributed by atoms with Crippen LogP contribution < -0.4 is 5.32 Å². The Kier molecular flexibility index (Phi) is 4.31. The number of hydrogen-bond acceptors (Lipinski definition) is 2. The first-order valence-electron chi connectivity index (χ1n) is 5.37. The summed E-state index contributed by atoms with van der Waals surface area (Å²) in [4.78, 5) is 0. The maximum Gasteiger partial charge on any atom is 0.127 e. The third-order valence-electron chi connectivity index (χ3n) is 2.61. The predicted molar refractivity (Wildman–Crippen MR) is 73.7 cm³/mol. The van der Waals surface area contributed by atoms with Gasteiger partial charge in [-0.05, 0) is 45.9 Å². The molecular formula is C13H13BrFNS. The van der Waals surface area contributed by atoms with E-state index < -0.39 is 0 Å². The van der Waals surface area contributed by atoms with E-state index in [2.05, 4.69) is 32.7 Å². The van der Waals surface area contributed by atoms with Crippen molar-refractivity contribution in [2.75, 3.05) is 0 Å². The molecule has 1 aromatic heterocycles. The van der Waals surface area contributed by atoms with Crippen LogP contribution in [0.5, 0.6) is 0 Å². The van der Waals surface area contributed by atoms with Gasteiger partial charge in [-0.15, -0.1) is 11.3 Å². The zero-order valence-electron chi connectivity index (χ0n) is 9.41. The largest absolute Gasteiger partial charge is 0.306 e. The zero-order chi connectivity index (χ0) is 12.3. The van der Waals surface area contributed by atoms with Gasteiger partial charge >= 0.3 is 0 Å². The van der Waals surface area contributed by atoms with E-state index in [-0.39, 0.29) is 11.9 Å². The minimum absolute atomic E-state index is 0.00914. The lowest BCUT2D eigenvalue weighted by molar-refractivity contribution is 0.528. The summed E-state index contributed by atoms with van der Waals surface area (Å²) in [5, 5.41) is 5.40. The molecule has 0 spiro atoms. The number of thiophene rings is 1. The molecule has 2 aromatic rings. The summed E-state index contributed by atoms with van der Waals surface area (Å²) in [6.45, 7) is 2.72. The molecule has 0 saturated heterocycles. The Hall–Kier alpha value is -0.710. The van der Waals surface area contributed by atoms with Crippen LogP contribution in [-0.2, 0) is 6.54 Å². The minimum Gasteiger partial charge on any atom is -0.306 e. The van der Waals surface area contributed by atoms with Gasteiger partial charge in [0, 0.05) is 18.2 Å². The molecule has 2 rings (SSSR count). The molecule has 90 valence electrons. The van der Waals surface area contributed by atoms with E-state index in [9.17, 15) is 4.39 Å². The van der Waals surface area contributed by atoms with Crippen molar-refractivity contribution >= 4 is 27.3 Å². The van der Waals surface area contributed by atoms with Crippen molar-refractivity contribution in [3.05, 3.63) is 56.4 Å². The van der Waals surface area contributed by atoms with Crippen LogP contribution in [0.1, 0.15) is 24.1 Å². The van der Waals surface area contributed by atoms with E-state index in [0.29, 0.717) is 5.56 Å². The van der Waals surface area contributed by atoms with Crippen molar-refractivity contribution < 1.29 is 4.39 Å². The molecule has 1 aromatic carbocycles. The smallest absolute Gasteiger partial charge is 0.127 e. The lowest BCUT2D eigenvalue weighted by atomic mass is 10.1. The van der Waals surface area contributed by atoms with Crippen molar-refractivity contribution in [1.29, 1.82) is 0 Å². The van der Waals surface area contributed by atoms with Gasteiger partial charge in [-0.2, -0.15) is 0 Å². The molecular weight excluding hydrogens is 301 g/mol. The van der Waals surface area contributed by atoms with E-state index >= 15 is 0 Å². The maximum absolute atomic E-state index is 13.5. The molecule has 0 aliphatic rings. The van der Waals surface area contributed by atoms with E-state index in [0.717, 1.165) is 10.3 Å². The first-order valence-corrected chi connectivity index (χ1v) is 7.05. The summed E-state index contributed by atoms with van der Waals surface area (Å²) < 4.78 is 14.6.